The molecule has 1 atom stereocenters. The number of pyridine rings is 1. The van der Waals surface area contributed by atoms with E-state index in [4.69, 9.17) is 11.6 Å². The summed E-state index contributed by atoms with van der Waals surface area (Å²) >= 11 is 5.89. The van der Waals surface area contributed by atoms with Gasteiger partial charge in [0.25, 0.3) is 0 Å². The van der Waals surface area contributed by atoms with Gasteiger partial charge in [-0.15, -0.1) is 0 Å². The summed E-state index contributed by atoms with van der Waals surface area (Å²) in [6.07, 6.45) is 8.15. The van der Waals surface area contributed by atoms with Gasteiger partial charge in [0.2, 0.25) is 5.91 Å². The number of carbonyl (C=O) groups excluding carboxylic acids is 1. The number of hydrogen-bond acceptors (Lipinski definition) is 5. The normalized spacial score (nSPS) is 21.3. The molecule has 1 saturated heterocycles. The van der Waals surface area contributed by atoms with Crippen LogP contribution < -0.4 is 5.32 Å². The lowest BCUT2D eigenvalue weighted by Crippen LogP contribution is -2.52. The van der Waals surface area contributed by atoms with Gasteiger partial charge in [0.15, 0.2) is 0 Å². The number of amides is 1. The molecule has 0 aliphatic carbocycles. The second-order valence-corrected chi connectivity index (χ2v) is 5.96. The number of nitrogens with zero attached hydrogens (tertiary/aromatic N) is 4. The average molecular weight is 332 g/mol. The van der Waals surface area contributed by atoms with Crippen molar-refractivity contribution in [2.75, 3.05) is 13.6 Å². The highest BCUT2D eigenvalue weighted by atomic mass is 35.5. The molecule has 0 aromatic carbocycles. The lowest BCUT2D eigenvalue weighted by molar-refractivity contribution is -0.132. The Labute approximate surface area is 139 Å². The van der Waals surface area contributed by atoms with Crippen molar-refractivity contribution in [3.05, 3.63) is 53.3 Å². The van der Waals surface area contributed by atoms with Crippen LogP contribution in [0.15, 0.2) is 36.9 Å². The van der Waals surface area contributed by atoms with Crippen LogP contribution in [0.2, 0.25) is 5.02 Å². The number of nitrogens with one attached hydrogen (secondary N) is 1. The van der Waals surface area contributed by atoms with Crippen molar-refractivity contribution in [3.63, 3.8) is 0 Å². The smallest absolute Gasteiger partial charge is 0.246 e. The molecule has 1 aliphatic rings. The van der Waals surface area contributed by atoms with Crippen molar-refractivity contribution in [2.24, 2.45) is 0 Å². The van der Waals surface area contributed by atoms with E-state index in [-0.39, 0.29) is 5.91 Å². The minimum absolute atomic E-state index is 0.0653. The minimum atomic E-state index is -0.801. The van der Waals surface area contributed by atoms with Crippen LogP contribution in [0.5, 0.6) is 0 Å². The van der Waals surface area contributed by atoms with Gasteiger partial charge in [-0.05, 0) is 25.0 Å². The summed E-state index contributed by atoms with van der Waals surface area (Å²) in [6, 6.07) is 3.69. The fourth-order valence-corrected chi connectivity index (χ4v) is 3.28. The molecule has 2 aromatic heterocycles. The first-order valence-electron chi connectivity index (χ1n) is 7.51. The van der Waals surface area contributed by atoms with E-state index >= 15 is 0 Å². The molecular formula is C16H18ClN5O. The van der Waals surface area contributed by atoms with Crippen LogP contribution in [0, 0.1) is 0 Å². The van der Waals surface area contributed by atoms with Crippen molar-refractivity contribution < 1.29 is 4.79 Å². The van der Waals surface area contributed by atoms with Gasteiger partial charge in [-0.1, -0.05) is 11.6 Å². The van der Waals surface area contributed by atoms with Gasteiger partial charge in [0.05, 0.1) is 22.6 Å². The first-order chi connectivity index (χ1) is 11.2. The van der Waals surface area contributed by atoms with Gasteiger partial charge in [-0.2, -0.15) is 0 Å². The number of aromatic nitrogens is 3. The number of likely N-dealkylation sites (tertiary alicyclic amines) is 1. The van der Waals surface area contributed by atoms with Gasteiger partial charge in [-0.25, -0.2) is 0 Å². The van der Waals surface area contributed by atoms with Crippen LogP contribution in [-0.2, 0) is 16.9 Å². The summed E-state index contributed by atoms with van der Waals surface area (Å²) in [5.41, 5.74) is 0.740. The second-order valence-electron chi connectivity index (χ2n) is 5.52. The minimum Gasteiger partial charge on any atom is -0.357 e. The van der Waals surface area contributed by atoms with Crippen LogP contribution in [0.25, 0.3) is 0 Å². The number of rotatable bonds is 4. The molecule has 0 spiro atoms. The Hall–Kier alpha value is -2.05. The van der Waals surface area contributed by atoms with E-state index in [9.17, 15) is 4.79 Å². The van der Waals surface area contributed by atoms with E-state index in [1.165, 1.54) is 0 Å². The zero-order chi connectivity index (χ0) is 16.3. The second kappa shape index (κ2) is 6.60. The largest absolute Gasteiger partial charge is 0.357 e. The Bertz CT molecular complexity index is 679. The molecule has 3 heterocycles. The molecule has 0 saturated carbocycles. The monoisotopic (exact) mass is 331 g/mol. The highest BCUT2D eigenvalue weighted by Gasteiger charge is 2.49. The zero-order valence-electron chi connectivity index (χ0n) is 12.9. The molecular weight excluding hydrogens is 314 g/mol. The quantitative estimate of drug-likeness (QED) is 0.924. The van der Waals surface area contributed by atoms with Crippen molar-refractivity contribution in [2.45, 2.75) is 24.9 Å². The number of halogens is 1. The lowest BCUT2D eigenvalue weighted by atomic mass is 9.90. The van der Waals surface area contributed by atoms with Crippen molar-refractivity contribution in [1.82, 2.24) is 25.2 Å². The molecule has 1 N–H and O–H groups in total. The summed E-state index contributed by atoms with van der Waals surface area (Å²) < 4.78 is 0. The Kier molecular flexibility index (Phi) is 4.54. The van der Waals surface area contributed by atoms with E-state index in [0.29, 0.717) is 23.7 Å². The van der Waals surface area contributed by atoms with E-state index in [2.05, 4.69) is 25.2 Å². The van der Waals surface area contributed by atoms with E-state index in [1.54, 1.807) is 31.8 Å². The van der Waals surface area contributed by atoms with Crippen molar-refractivity contribution in [3.8, 4) is 0 Å². The third kappa shape index (κ3) is 2.92. The summed E-state index contributed by atoms with van der Waals surface area (Å²) in [6.45, 7) is 1.36. The van der Waals surface area contributed by atoms with Crippen LogP contribution in [0.4, 0.5) is 0 Å². The van der Waals surface area contributed by atoms with Crippen molar-refractivity contribution in [1.29, 1.82) is 0 Å². The Morgan fingerprint density at radius 3 is 2.87 bits per heavy atom. The molecule has 7 heteroatoms. The topological polar surface area (TPSA) is 71.0 Å². The molecule has 1 unspecified atom stereocenters. The summed E-state index contributed by atoms with van der Waals surface area (Å²) in [5.74, 6) is -0.0653. The number of carbonyl (C=O) groups is 1. The van der Waals surface area contributed by atoms with Gasteiger partial charge in [-0.3, -0.25) is 24.6 Å². The molecule has 0 bridgehead atoms. The molecule has 120 valence electrons. The number of likely N-dealkylation sites (N-methyl/N-ethyl adjacent to an activating group) is 1. The molecule has 1 aliphatic heterocycles. The SMILES string of the molecule is CNC(=O)C1(c2cnccn2)CCCN1Cc1ccc(Cl)cn1. The molecule has 1 amide bonds. The Morgan fingerprint density at radius 1 is 1.35 bits per heavy atom. The van der Waals surface area contributed by atoms with E-state index < -0.39 is 5.54 Å². The van der Waals surface area contributed by atoms with Gasteiger partial charge >= 0.3 is 0 Å². The van der Waals surface area contributed by atoms with Gasteiger partial charge < -0.3 is 5.32 Å². The Morgan fingerprint density at radius 2 is 2.22 bits per heavy atom. The molecule has 23 heavy (non-hydrogen) atoms. The zero-order valence-corrected chi connectivity index (χ0v) is 13.6. The summed E-state index contributed by atoms with van der Waals surface area (Å²) in [7, 11) is 1.65. The van der Waals surface area contributed by atoms with Crippen LogP contribution in [0.1, 0.15) is 24.2 Å². The third-order valence-electron chi connectivity index (χ3n) is 4.24. The molecule has 1 fully saturated rings. The fraction of sp³-hybridized carbons (Fsp3) is 0.375. The third-order valence-corrected chi connectivity index (χ3v) is 4.46. The predicted molar refractivity (Wildman–Crippen MR) is 86.7 cm³/mol. The maximum atomic E-state index is 12.7. The van der Waals surface area contributed by atoms with Gasteiger partial charge in [0, 0.05) is 38.7 Å². The maximum Gasteiger partial charge on any atom is 0.246 e. The highest BCUT2D eigenvalue weighted by molar-refractivity contribution is 6.30. The molecule has 2 aromatic rings. The highest BCUT2D eigenvalue weighted by Crippen LogP contribution is 2.38. The first-order valence-corrected chi connectivity index (χ1v) is 7.89. The van der Waals surface area contributed by atoms with Crippen molar-refractivity contribution >= 4 is 17.5 Å². The standard InChI is InChI=1S/C16H18ClN5O/c1-18-15(23)16(14-10-19-6-7-20-14)5-2-8-22(16)11-13-4-3-12(17)9-21-13/h3-4,6-7,9-10H,2,5,8,11H2,1H3,(H,18,23). The summed E-state index contributed by atoms with van der Waals surface area (Å²) in [4.78, 5) is 27.7. The predicted octanol–water partition coefficient (Wildman–Crippen LogP) is 1.76. The van der Waals surface area contributed by atoms with Gasteiger partial charge in [0.1, 0.15) is 5.54 Å². The fourth-order valence-electron chi connectivity index (χ4n) is 3.17. The first kappa shape index (κ1) is 15.8. The van der Waals surface area contributed by atoms with E-state index in [1.807, 2.05) is 12.1 Å². The Balaban J connectivity index is 1.97. The molecule has 6 nitrogen and oxygen atoms in total. The summed E-state index contributed by atoms with van der Waals surface area (Å²) in [5, 5.41) is 3.38. The van der Waals surface area contributed by atoms with Crippen LogP contribution >= 0.6 is 11.6 Å². The van der Waals surface area contributed by atoms with E-state index in [0.717, 1.165) is 18.7 Å². The van der Waals surface area contributed by atoms with Crippen LogP contribution in [0.3, 0.4) is 0 Å². The maximum absolute atomic E-state index is 12.7. The van der Waals surface area contributed by atoms with Crippen LogP contribution in [-0.4, -0.2) is 39.4 Å². The molecule has 0 radical (unpaired) electrons. The lowest BCUT2D eigenvalue weighted by Gasteiger charge is -2.35. The number of hydrogen-bond donors (Lipinski definition) is 1. The average Bonchev–Trinajstić information content (AvgIpc) is 3.01. The molecule has 3 rings (SSSR count).